The summed E-state index contributed by atoms with van der Waals surface area (Å²) in [5.41, 5.74) is 2.55. The van der Waals surface area contributed by atoms with E-state index >= 15 is 0 Å². The molecule has 2 fully saturated rings. The van der Waals surface area contributed by atoms with E-state index < -0.39 is 0 Å². The second kappa shape index (κ2) is 5.96. The Morgan fingerprint density at radius 2 is 2.23 bits per heavy atom. The van der Waals surface area contributed by atoms with Crippen LogP contribution in [-0.2, 0) is 0 Å². The van der Waals surface area contributed by atoms with Gasteiger partial charge in [-0.25, -0.2) is 9.78 Å². The van der Waals surface area contributed by atoms with Crippen molar-refractivity contribution in [1.82, 2.24) is 34.8 Å². The Morgan fingerprint density at radius 3 is 3.00 bits per heavy atom. The van der Waals surface area contributed by atoms with Crippen LogP contribution in [0.2, 0.25) is 0 Å². The number of aromatic amines is 1. The van der Waals surface area contributed by atoms with Crippen molar-refractivity contribution >= 4 is 22.8 Å². The molecule has 3 aromatic rings. The topological polar surface area (TPSA) is 91.2 Å². The maximum absolute atomic E-state index is 12.6. The fourth-order valence-electron chi connectivity index (χ4n) is 4.20. The van der Waals surface area contributed by atoms with Crippen LogP contribution in [0.4, 0.5) is 4.79 Å². The fraction of sp³-hybridized carbons (Fsp3) is 0.556. The number of nitrogens with zero attached hydrogens (tertiary/aromatic N) is 5. The minimum Gasteiger partial charge on any atom is -0.345 e. The summed E-state index contributed by atoms with van der Waals surface area (Å²) in [6.07, 6.45) is 8.06. The van der Waals surface area contributed by atoms with E-state index in [0.29, 0.717) is 18.5 Å². The van der Waals surface area contributed by atoms with Gasteiger partial charge < -0.3 is 15.2 Å². The van der Waals surface area contributed by atoms with Crippen LogP contribution in [-0.4, -0.2) is 54.6 Å². The summed E-state index contributed by atoms with van der Waals surface area (Å²) in [5.74, 6) is 1.50. The molecule has 2 atom stereocenters. The first-order chi connectivity index (χ1) is 12.7. The van der Waals surface area contributed by atoms with Crippen molar-refractivity contribution in [2.24, 2.45) is 5.92 Å². The summed E-state index contributed by atoms with van der Waals surface area (Å²) in [6, 6.07) is 2.43. The van der Waals surface area contributed by atoms with E-state index in [4.69, 9.17) is 0 Å². The highest BCUT2D eigenvalue weighted by molar-refractivity contribution is 5.76. The highest BCUT2D eigenvalue weighted by atomic mass is 16.2. The van der Waals surface area contributed by atoms with Gasteiger partial charge in [0.15, 0.2) is 11.3 Å². The van der Waals surface area contributed by atoms with Crippen LogP contribution < -0.4 is 5.32 Å². The van der Waals surface area contributed by atoms with Crippen molar-refractivity contribution < 1.29 is 4.79 Å². The van der Waals surface area contributed by atoms with Crippen molar-refractivity contribution in [1.29, 1.82) is 0 Å². The number of fused-ring (bicyclic) bond motifs is 3. The largest absolute Gasteiger partial charge is 0.345 e. The number of hydrogen-bond acceptors (Lipinski definition) is 4. The van der Waals surface area contributed by atoms with Gasteiger partial charge in [0.2, 0.25) is 0 Å². The second-order valence-electron chi connectivity index (χ2n) is 7.48. The number of carbonyl (C=O) groups excluding carboxylic acids is 1. The van der Waals surface area contributed by atoms with E-state index in [2.05, 4.69) is 36.8 Å². The molecular weight excluding hydrogens is 330 g/mol. The van der Waals surface area contributed by atoms with Crippen LogP contribution in [0.5, 0.6) is 0 Å². The average Bonchev–Trinajstić information content (AvgIpc) is 3.32. The van der Waals surface area contributed by atoms with Crippen LogP contribution in [0.3, 0.4) is 0 Å². The minimum atomic E-state index is 0.0675. The molecule has 2 amide bonds. The molecule has 2 aliphatic rings. The summed E-state index contributed by atoms with van der Waals surface area (Å²) >= 11 is 0. The molecule has 8 nitrogen and oxygen atoms in total. The van der Waals surface area contributed by atoms with E-state index in [0.717, 1.165) is 48.4 Å². The number of hydrogen-bond donors (Lipinski definition) is 2. The first kappa shape index (κ1) is 15.6. The van der Waals surface area contributed by atoms with Gasteiger partial charge in [-0.15, -0.1) is 10.2 Å². The third kappa shape index (κ3) is 2.35. The predicted octanol–water partition coefficient (Wildman–Crippen LogP) is 2.29. The lowest BCUT2D eigenvalue weighted by atomic mass is 9.93. The molecule has 1 aliphatic heterocycles. The Kier molecular flexibility index (Phi) is 3.58. The fourth-order valence-corrected chi connectivity index (χ4v) is 4.20. The maximum Gasteiger partial charge on any atom is 0.317 e. The molecule has 5 rings (SSSR count). The average molecular weight is 353 g/mol. The molecule has 0 radical (unpaired) electrons. The summed E-state index contributed by atoms with van der Waals surface area (Å²) < 4.78 is 2.08. The maximum atomic E-state index is 12.6. The minimum absolute atomic E-state index is 0.0675. The lowest BCUT2D eigenvalue weighted by Crippen LogP contribution is -2.46. The zero-order valence-corrected chi connectivity index (χ0v) is 14.9. The van der Waals surface area contributed by atoms with Crippen molar-refractivity contribution in [3.8, 4) is 0 Å². The molecule has 1 saturated heterocycles. The number of urea groups is 1. The quantitative estimate of drug-likeness (QED) is 0.756. The zero-order chi connectivity index (χ0) is 17.7. The van der Waals surface area contributed by atoms with Gasteiger partial charge in [0.1, 0.15) is 5.82 Å². The molecule has 0 aromatic carbocycles. The van der Waals surface area contributed by atoms with Gasteiger partial charge in [-0.2, -0.15) is 0 Å². The first-order valence-electron chi connectivity index (χ1n) is 9.47. The molecule has 0 spiro atoms. The Labute approximate surface area is 151 Å². The molecule has 8 heteroatoms. The Bertz CT molecular complexity index is 957. The number of nitrogens with one attached hydrogen (secondary N) is 2. The van der Waals surface area contributed by atoms with E-state index in [1.54, 1.807) is 6.20 Å². The van der Waals surface area contributed by atoms with Crippen molar-refractivity contribution in [3.63, 3.8) is 0 Å². The van der Waals surface area contributed by atoms with Crippen LogP contribution in [0.25, 0.3) is 16.8 Å². The molecule has 2 N–H and O–H groups in total. The van der Waals surface area contributed by atoms with E-state index in [1.807, 2.05) is 17.2 Å². The van der Waals surface area contributed by atoms with Crippen LogP contribution in [0.15, 0.2) is 18.5 Å². The van der Waals surface area contributed by atoms with Gasteiger partial charge in [-0.05, 0) is 31.2 Å². The molecule has 0 bridgehead atoms. The molecule has 1 aliphatic carbocycles. The highest BCUT2D eigenvalue weighted by Crippen LogP contribution is 2.35. The van der Waals surface area contributed by atoms with E-state index in [1.165, 1.54) is 6.42 Å². The number of H-pyrrole nitrogens is 1. The number of carbonyl (C=O) groups is 1. The lowest BCUT2D eigenvalue weighted by molar-refractivity contribution is 0.194. The summed E-state index contributed by atoms with van der Waals surface area (Å²) in [4.78, 5) is 22.1. The van der Waals surface area contributed by atoms with Gasteiger partial charge in [0, 0.05) is 31.2 Å². The Morgan fingerprint density at radius 1 is 1.35 bits per heavy atom. The molecule has 3 aromatic heterocycles. The lowest BCUT2D eigenvalue weighted by Gasteiger charge is -2.29. The molecule has 0 unspecified atom stereocenters. The standard InChI is InChI=1S/C18H23N7O/c1-2-11-9-24(18(26)21-12-4-3-5-12)10-13(11)17-23-22-15-8-20-16-14(25(15)17)6-7-19-16/h6-8,11-13,19H,2-5,9-10H2,1H3,(H,21,26)/t11-,13+/m0/s1. The second-order valence-corrected chi connectivity index (χ2v) is 7.48. The van der Waals surface area contributed by atoms with Gasteiger partial charge in [0.25, 0.3) is 0 Å². The van der Waals surface area contributed by atoms with Gasteiger partial charge in [-0.3, -0.25) is 4.40 Å². The molecule has 4 heterocycles. The number of likely N-dealkylation sites (tertiary alicyclic amines) is 1. The Balaban J connectivity index is 1.47. The molecular formula is C18H23N7O. The normalized spacial score (nSPS) is 23.7. The van der Waals surface area contributed by atoms with E-state index in [-0.39, 0.29) is 11.9 Å². The monoisotopic (exact) mass is 353 g/mol. The number of rotatable bonds is 3. The first-order valence-corrected chi connectivity index (χ1v) is 9.47. The van der Waals surface area contributed by atoms with Crippen LogP contribution >= 0.6 is 0 Å². The SMILES string of the molecule is CC[C@H]1CN(C(=O)NC2CCC2)C[C@H]1c1nnc2cnc3[nH]ccc3n12. The third-order valence-electron chi connectivity index (χ3n) is 5.98. The third-order valence-corrected chi connectivity index (χ3v) is 5.98. The van der Waals surface area contributed by atoms with Crippen LogP contribution in [0, 0.1) is 5.92 Å². The van der Waals surface area contributed by atoms with Gasteiger partial charge >= 0.3 is 6.03 Å². The molecule has 26 heavy (non-hydrogen) atoms. The zero-order valence-electron chi connectivity index (χ0n) is 14.9. The smallest absolute Gasteiger partial charge is 0.317 e. The number of aromatic nitrogens is 5. The predicted molar refractivity (Wildman–Crippen MR) is 96.9 cm³/mol. The van der Waals surface area contributed by atoms with Crippen molar-refractivity contribution in [2.75, 3.05) is 13.1 Å². The van der Waals surface area contributed by atoms with Crippen LogP contribution in [0.1, 0.15) is 44.3 Å². The van der Waals surface area contributed by atoms with E-state index in [9.17, 15) is 4.79 Å². The van der Waals surface area contributed by atoms with Crippen molar-refractivity contribution in [2.45, 2.75) is 44.6 Å². The van der Waals surface area contributed by atoms with Crippen molar-refractivity contribution in [3.05, 3.63) is 24.3 Å². The molecule has 1 saturated carbocycles. The number of amides is 2. The van der Waals surface area contributed by atoms with Gasteiger partial charge in [0.05, 0.1) is 11.7 Å². The van der Waals surface area contributed by atoms with Gasteiger partial charge in [-0.1, -0.05) is 13.3 Å². The molecule has 136 valence electrons. The Hall–Kier alpha value is -2.64. The summed E-state index contributed by atoms with van der Waals surface area (Å²) in [7, 11) is 0. The highest BCUT2D eigenvalue weighted by Gasteiger charge is 2.38. The summed E-state index contributed by atoms with van der Waals surface area (Å²) in [6.45, 7) is 3.64. The summed E-state index contributed by atoms with van der Waals surface area (Å²) in [5, 5.41) is 12.0.